The lowest BCUT2D eigenvalue weighted by Gasteiger charge is -2.32. The standard InChI is InChI=1S/C23H27N5O/c1-27(2)23-25-14-20(15-26-23)16-28-10-11-29-22(17-28)21-9-8-19(13-24-21)12-18-6-4-3-5-7-18/h3-9,13-15,22H,10-12,16-17H2,1-2H3/t22-/m0/s1. The Hall–Kier alpha value is -2.83. The average molecular weight is 390 g/mol. The number of ether oxygens (including phenoxy) is 1. The number of morpholine rings is 1. The molecule has 1 aromatic carbocycles. The fourth-order valence-corrected chi connectivity index (χ4v) is 3.51. The minimum Gasteiger partial charge on any atom is -0.369 e. The number of rotatable bonds is 6. The molecular weight excluding hydrogens is 362 g/mol. The number of benzene rings is 1. The van der Waals surface area contributed by atoms with Crippen LogP contribution < -0.4 is 4.90 Å². The smallest absolute Gasteiger partial charge is 0.224 e. The van der Waals surface area contributed by atoms with Gasteiger partial charge in [0, 0.05) is 57.9 Å². The van der Waals surface area contributed by atoms with E-state index in [0.29, 0.717) is 6.61 Å². The van der Waals surface area contributed by atoms with Gasteiger partial charge in [-0.3, -0.25) is 9.88 Å². The van der Waals surface area contributed by atoms with Crippen LogP contribution in [0.3, 0.4) is 0 Å². The van der Waals surface area contributed by atoms with Crippen molar-refractivity contribution in [3.63, 3.8) is 0 Å². The third-order valence-corrected chi connectivity index (χ3v) is 5.08. The van der Waals surface area contributed by atoms with Gasteiger partial charge in [0.05, 0.1) is 12.3 Å². The molecule has 1 aliphatic heterocycles. The molecule has 3 heterocycles. The zero-order valence-corrected chi connectivity index (χ0v) is 17.0. The highest BCUT2D eigenvalue weighted by atomic mass is 16.5. The quantitative estimate of drug-likeness (QED) is 0.646. The van der Waals surface area contributed by atoms with Gasteiger partial charge in [-0.1, -0.05) is 36.4 Å². The zero-order chi connectivity index (χ0) is 20.1. The molecule has 3 aromatic rings. The topological polar surface area (TPSA) is 54.4 Å². The molecule has 0 amide bonds. The summed E-state index contributed by atoms with van der Waals surface area (Å²) in [5, 5.41) is 0. The van der Waals surface area contributed by atoms with Crippen LogP contribution >= 0.6 is 0 Å². The van der Waals surface area contributed by atoms with Gasteiger partial charge in [0.25, 0.3) is 0 Å². The SMILES string of the molecule is CN(C)c1ncc(CN2CCO[C@H](c3ccc(Cc4ccccc4)cn3)C2)cn1. The average Bonchev–Trinajstić information content (AvgIpc) is 2.76. The van der Waals surface area contributed by atoms with Crippen LogP contribution in [0.4, 0.5) is 5.95 Å². The maximum absolute atomic E-state index is 6.00. The summed E-state index contributed by atoms with van der Waals surface area (Å²) in [6, 6.07) is 14.7. The van der Waals surface area contributed by atoms with E-state index in [2.05, 4.69) is 56.3 Å². The minimum atomic E-state index is -0.00325. The molecule has 2 aromatic heterocycles. The van der Waals surface area contributed by atoms with E-state index >= 15 is 0 Å². The van der Waals surface area contributed by atoms with Gasteiger partial charge < -0.3 is 9.64 Å². The lowest BCUT2D eigenvalue weighted by molar-refractivity contribution is -0.0350. The Morgan fingerprint density at radius 2 is 1.69 bits per heavy atom. The van der Waals surface area contributed by atoms with Crippen molar-refractivity contribution in [2.24, 2.45) is 0 Å². The lowest BCUT2D eigenvalue weighted by Crippen LogP contribution is -2.38. The second kappa shape index (κ2) is 9.11. The zero-order valence-electron chi connectivity index (χ0n) is 17.0. The van der Waals surface area contributed by atoms with E-state index in [9.17, 15) is 0 Å². The number of hydrogen-bond donors (Lipinski definition) is 0. The maximum Gasteiger partial charge on any atom is 0.224 e. The largest absolute Gasteiger partial charge is 0.369 e. The number of aromatic nitrogens is 3. The van der Waals surface area contributed by atoms with Gasteiger partial charge >= 0.3 is 0 Å². The van der Waals surface area contributed by atoms with E-state index in [-0.39, 0.29) is 6.10 Å². The van der Waals surface area contributed by atoms with Gasteiger partial charge in [0.15, 0.2) is 0 Å². The first kappa shape index (κ1) is 19.5. The molecule has 0 aliphatic carbocycles. The third-order valence-electron chi connectivity index (χ3n) is 5.08. The number of anilines is 1. The molecule has 29 heavy (non-hydrogen) atoms. The Kier molecular flexibility index (Phi) is 6.12. The molecule has 1 fully saturated rings. The molecular formula is C23H27N5O. The van der Waals surface area contributed by atoms with Gasteiger partial charge in [-0.15, -0.1) is 0 Å². The van der Waals surface area contributed by atoms with E-state index in [4.69, 9.17) is 4.74 Å². The highest BCUT2D eigenvalue weighted by Crippen LogP contribution is 2.22. The molecule has 0 unspecified atom stereocenters. The fraction of sp³-hybridized carbons (Fsp3) is 0.348. The number of hydrogen-bond acceptors (Lipinski definition) is 6. The van der Waals surface area contributed by atoms with Gasteiger partial charge in [0.1, 0.15) is 6.10 Å². The van der Waals surface area contributed by atoms with Crippen LogP contribution in [0.1, 0.15) is 28.5 Å². The molecule has 1 atom stereocenters. The highest BCUT2D eigenvalue weighted by Gasteiger charge is 2.23. The first-order chi connectivity index (χ1) is 14.2. The predicted octanol–water partition coefficient (Wildman–Crippen LogP) is 3.10. The van der Waals surface area contributed by atoms with Crippen molar-refractivity contribution in [3.05, 3.63) is 83.4 Å². The molecule has 0 spiro atoms. The van der Waals surface area contributed by atoms with Crippen LogP contribution in [0, 0.1) is 0 Å². The molecule has 1 aliphatic rings. The summed E-state index contributed by atoms with van der Waals surface area (Å²) >= 11 is 0. The number of nitrogens with zero attached hydrogens (tertiary/aromatic N) is 5. The van der Waals surface area contributed by atoms with E-state index in [1.807, 2.05) is 43.7 Å². The predicted molar refractivity (Wildman–Crippen MR) is 114 cm³/mol. The van der Waals surface area contributed by atoms with Crippen LogP contribution in [0.2, 0.25) is 0 Å². The summed E-state index contributed by atoms with van der Waals surface area (Å²) in [5.41, 5.74) is 4.61. The summed E-state index contributed by atoms with van der Waals surface area (Å²) in [6.45, 7) is 3.24. The Morgan fingerprint density at radius 1 is 0.931 bits per heavy atom. The third kappa shape index (κ3) is 5.16. The number of pyridine rings is 1. The molecule has 150 valence electrons. The van der Waals surface area contributed by atoms with Crippen molar-refractivity contribution in [1.82, 2.24) is 19.9 Å². The van der Waals surface area contributed by atoms with Gasteiger partial charge in [-0.25, -0.2) is 9.97 Å². The minimum absolute atomic E-state index is 0.00325. The molecule has 1 saturated heterocycles. The van der Waals surface area contributed by atoms with E-state index in [1.54, 1.807) is 0 Å². The van der Waals surface area contributed by atoms with Crippen molar-refractivity contribution < 1.29 is 4.74 Å². The first-order valence-corrected chi connectivity index (χ1v) is 9.98. The van der Waals surface area contributed by atoms with Crippen LogP contribution in [0.25, 0.3) is 0 Å². The second-order valence-corrected chi connectivity index (χ2v) is 7.63. The maximum atomic E-state index is 6.00. The van der Waals surface area contributed by atoms with Gasteiger partial charge in [0.2, 0.25) is 5.95 Å². The first-order valence-electron chi connectivity index (χ1n) is 9.98. The van der Waals surface area contributed by atoms with Crippen molar-refractivity contribution >= 4 is 5.95 Å². The van der Waals surface area contributed by atoms with E-state index in [0.717, 1.165) is 43.3 Å². The summed E-state index contributed by atoms with van der Waals surface area (Å²) in [6.07, 6.45) is 6.68. The van der Waals surface area contributed by atoms with Gasteiger partial charge in [-0.05, 0) is 23.6 Å². The van der Waals surface area contributed by atoms with Crippen molar-refractivity contribution in [3.8, 4) is 0 Å². The Labute approximate surface area is 172 Å². The van der Waals surface area contributed by atoms with Crippen LogP contribution in [-0.2, 0) is 17.7 Å². The summed E-state index contributed by atoms with van der Waals surface area (Å²) < 4.78 is 6.00. The van der Waals surface area contributed by atoms with Crippen LogP contribution in [-0.4, -0.2) is 53.6 Å². The monoisotopic (exact) mass is 389 g/mol. The van der Waals surface area contributed by atoms with Gasteiger partial charge in [-0.2, -0.15) is 0 Å². The van der Waals surface area contributed by atoms with E-state index < -0.39 is 0 Å². The van der Waals surface area contributed by atoms with Crippen LogP contribution in [0.5, 0.6) is 0 Å². The van der Waals surface area contributed by atoms with Crippen molar-refractivity contribution in [1.29, 1.82) is 0 Å². The summed E-state index contributed by atoms with van der Waals surface area (Å²) in [5.74, 6) is 0.730. The molecule has 6 nitrogen and oxygen atoms in total. The van der Waals surface area contributed by atoms with Crippen LogP contribution in [0.15, 0.2) is 61.1 Å². The molecule has 0 radical (unpaired) electrons. The van der Waals surface area contributed by atoms with Crippen molar-refractivity contribution in [2.75, 3.05) is 38.7 Å². The molecule has 0 saturated carbocycles. The molecule has 4 rings (SSSR count). The van der Waals surface area contributed by atoms with E-state index in [1.165, 1.54) is 11.1 Å². The Balaban J connectivity index is 1.36. The summed E-state index contributed by atoms with van der Waals surface area (Å²) in [7, 11) is 3.89. The lowest BCUT2D eigenvalue weighted by atomic mass is 10.1. The normalized spacial score (nSPS) is 17.2. The second-order valence-electron chi connectivity index (χ2n) is 7.63. The Bertz CT molecular complexity index is 897. The molecule has 0 N–H and O–H groups in total. The van der Waals surface area contributed by atoms with Crippen molar-refractivity contribution in [2.45, 2.75) is 19.1 Å². The highest BCUT2D eigenvalue weighted by molar-refractivity contribution is 5.27. The summed E-state index contributed by atoms with van der Waals surface area (Å²) in [4.78, 5) is 17.8. The molecule has 6 heteroatoms. The Morgan fingerprint density at radius 3 is 2.38 bits per heavy atom. The molecule has 0 bridgehead atoms. The fourth-order valence-electron chi connectivity index (χ4n) is 3.51.